The molecule has 0 radical (unpaired) electrons. The van der Waals surface area contributed by atoms with Crippen LogP contribution in [0, 0.1) is 21.3 Å². The number of halogens is 7. The average Bonchev–Trinajstić information content (AvgIpc) is 3.37. The van der Waals surface area contributed by atoms with Gasteiger partial charge in [0.05, 0.1) is 52.0 Å². The molecule has 2 aliphatic rings. The van der Waals surface area contributed by atoms with Crippen molar-refractivity contribution >= 4 is 46.2 Å². The van der Waals surface area contributed by atoms with Crippen molar-refractivity contribution in [1.29, 1.82) is 0 Å². The van der Waals surface area contributed by atoms with E-state index in [0.29, 0.717) is 44.8 Å². The van der Waals surface area contributed by atoms with Crippen molar-refractivity contribution in [2.24, 2.45) is 17.8 Å². The van der Waals surface area contributed by atoms with E-state index in [1.54, 1.807) is 42.5 Å². The Labute approximate surface area is 314 Å². The fourth-order valence-electron chi connectivity index (χ4n) is 7.00. The zero-order valence-corrected chi connectivity index (χ0v) is 30.6. The predicted molar refractivity (Wildman–Crippen MR) is 191 cm³/mol. The van der Waals surface area contributed by atoms with Gasteiger partial charge in [0.2, 0.25) is 11.8 Å². The number of aliphatic hydroxyl groups excluding tert-OH is 2. The van der Waals surface area contributed by atoms with Gasteiger partial charge < -0.3 is 24.8 Å². The van der Waals surface area contributed by atoms with Crippen LogP contribution < -0.4 is 14.4 Å². The number of imide groups is 1. The van der Waals surface area contributed by atoms with E-state index < -0.39 is 71.4 Å². The number of phenols is 1. The summed E-state index contributed by atoms with van der Waals surface area (Å²) in [6.07, 6.45) is -9.04. The minimum atomic E-state index is -5.22. The molecular weight excluding hydrogens is 823 g/mol. The number of hydrogen-bond donors (Lipinski definition) is 3. The Kier molecular flexibility index (Phi) is 12.2. The largest absolute Gasteiger partial charge is 0.504 e. The lowest BCUT2D eigenvalue weighted by Crippen LogP contribution is -2.40. The van der Waals surface area contributed by atoms with E-state index in [-0.39, 0.29) is 42.6 Å². The number of phenolic OH excluding ortho intramolecular Hbond substituents is 1. The molecule has 0 spiro atoms. The van der Waals surface area contributed by atoms with Gasteiger partial charge in [0, 0.05) is 5.92 Å². The number of aliphatic hydroxyl groups is 2. The monoisotopic (exact) mass is 859 g/mol. The Hall–Kier alpha value is -4.09. The number of nitrogens with zero attached hydrogens (tertiary/aromatic N) is 1. The maximum Gasteiger partial charge on any atom is 0.416 e. The number of aromatic hydroxyl groups is 1. The molecule has 2 amide bonds. The number of amides is 2. The molecule has 1 aliphatic carbocycles. The average molecular weight is 860 g/mol. The number of benzene rings is 3. The minimum Gasteiger partial charge on any atom is -0.504 e. The Bertz CT molecular complexity index is 1880. The summed E-state index contributed by atoms with van der Waals surface area (Å²) in [4.78, 5) is 28.2. The molecule has 1 heterocycles. The molecule has 3 aromatic rings. The summed E-state index contributed by atoms with van der Waals surface area (Å²) in [6, 6.07) is 12.5. The van der Waals surface area contributed by atoms with Crippen LogP contribution in [-0.4, -0.2) is 53.6 Å². The van der Waals surface area contributed by atoms with E-state index in [9.17, 15) is 51.3 Å². The first-order chi connectivity index (χ1) is 25.0. The van der Waals surface area contributed by atoms with E-state index >= 15 is 0 Å². The molecule has 0 saturated carbocycles. The molecule has 284 valence electrons. The third-order valence-electron chi connectivity index (χ3n) is 9.56. The minimum absolute atomic E-state index is 0.00564. The van der Waals surface area contributed by atoms with Gasteiger partial charge in [0.25, 0.3) is 0 Å². The molecule has 4 atom stereocenters. The number of ether oxygens (including phenoxy) is 2. The Morgan fingerprint density at radius 2 is 1.64 bits per heavy atom. The summed E-state index contributed by atoms with van der Waals surface area (Å²) >= 11 is 1.97. The normalized spacial score (nSPS) is 20.2. The first-order valence-corrected chi connectivity index (χ1v) is 17.7. The van der Waals surface area contributed by atoms with Crippen LogP contribution >= 0.6 is 22.6 Å². The smallest absolute Gasteiger partial charge is 0.416 e. The van der Waals surface area contributed by atoms with Crippen molar-refractivity contribution in [2.45, 2.75) is 51.1 Å². The Balaban J connectivity index is 1.51. The molecule has 3 N–H and O–H groups in total. The molecule has 0 unspecified atom stereocenters. The maximum absolute atomic E-state index is 14.0. The summed E-state index contributed by atoms with van der Waals surface area (Å²) in [6.45, 7) is 0.978. The summed E-state index contributed by atoms with van der Waals surface area (Å²) < 4.78 is 94.2. The second kappa shape index (κ2) is 16.1. The molecule has 15 heteroatoms. The first-order valence-electron chi connectivity index (χ1n) is 16.6. The molecule has 8 nitrogen and oxygen atoms in total. The van der Waals surface area contributed by atoms with Crippen LogP contribution in [0.2, 0.25) is 0 Å². The van der Waals surface area contributed by atoms with Gasteiger partial charge in [-0.25, -0.2) is 4.90 Å². The van der Waals surface area contributed by atoms with Crippen LogP contribution in [0.4, 0.5) is 32.0 Å². The zero-order chi connectivity index (χ0) is 38.8. The Morgan fingerprint density at radius 3 is 2.21 bits per heavy atom. The SMILES string of the molecule is CC/C(=C\c1cc(I)c(O)c(OC)c1)CC[C@@H](O)C1=C(COc2ccccc2)C[C@H]2C(=O)N(c3cc(C(F)(F)F)cc(C(F)(F)F)c3)C(=O)[C@H]2[C@H]1CO. The van der Waals surface area contributed by atoms with E-state index in [1.807, 2.05) is 35.6 Å². The molecular formula is C38H36F6INO7. The Morgan fingerprint density at radius 1 is 1.00 bits per heavy atom. The van der Waals surface area contributed by atoms with Crippen molar-refractivity contribution in [1.82, 2.24) is 0 Å². The highest BCUT2D eigenvalue weighted by Gasteiger charge is 2.56. The molecule has 1 saturated heterocycles. The maximum atomic E-state index is 14.0. The van der Waals surface area contributed by atoms with Crippen LogP contribution in [0.25, 0.3) is 6.08 Å². The summed E-state index contributed by atoms with van der Waals surface area (Å²) in [5.41, 5.74) is -2.04. The van der Waals surface area contributed by atoms with Crippen LogP contribution in [0.1, 0.15) is 49.3 Å². The molecule has 3 aromatic carbocycles. The van der Waals surface area contributed by atoms with Crippen LogP contribution in [-0.2, 0) is 21.9 Å². The van der Waals surface area contributed by atoms with Gasteiger partial charge in [0.1, 0.15) is 12.4 Å². The standard InChI is InChI=1S/C38H36F6INO7/c1-3-20(11-21-12-29(45)34(49)31(13-21)52-2)9-10-30(48)32-22(19-53-26-7-5-4-6-8-26)14-27-33(28(32)18-47)36(51)46(35(27)50)25-16-23(37(39,40)41)15-24(17-25)38(42,43)44/h4-8,11-13,15-17,27-28,30,33,47-49H,3,9-10,14,18-19H2,1-2H3/b20-11+/t27-,28+,30-,33-/m1/s1. The number of anilines is 1. The first kappa shape index (κ1) is 40.1. The topological polar surface area (TPSA) is 117 Å². The quantitative estimate of drug-likeness (QED) is 0.0729. The third-order valence-corrected chi connectivity index (χ3v) is 10.4. The van der Waals surface area contributed by atoms with Crippen LogP contribution in [0.5, 0.6) is 17.2 Å². The second-order valence-electron chi connectivity index (χ2n) is 12.8. The number of fused-ring (bicyclic) bond motifs is 1. The third kappa shape index (κ3) is 8.67. The van der Waals surface area contributed by atoms with Crippen molar-refractivity contribution < 1.29 is 60.7 Å². The number of para-hydroxylation sites is 1. The number of carbonyl (C=O) groups is 2. The zero-order valence-electron chi connectivity index (χ0n) is 28.5. The number of hydrogen-bond acceptors (Lipinski definition) is 7. The lowest BCUT2D eigenvalue weighted by atomic mass is 9.68. The number of rotatable bonds is 12. The van der Waals surface area contributed by atoms with Gasteiger partial charge in [0.15, 0.2) is 11.5 Å². The number of carbonyl (C=O) groups excluding carboxylic acids is 2. The number of alkyl halides is 6. The van der Waals surface area contributed by atoms with E-state index in [0.717, 1.165) is 11.1 Å². The van der Waals surface area contributed by atoms with E-state index in [1.165, 1.54) is 7.11 Å². The predicted octanol–water partition coefficient (Wildman–Crippen LogP) is 8.17. The van der Waals surface area contributed by atoms with E-state index in [2.05, 4.69) is 0 Å². The number of methoxy groups -OCH3 is 1. The fraction of sp³-hybridized carbons (Fsp3) is 0.368. The number of allylic oxidation sites excluding steroid dienone is 1. The van der Waals surface area contributed by atoms with Gasteiger partial charge >= 0.3 is 12.4 Å². The highest BCUT2D eigenvalue weighted by atomic mass is 127. The lowest BCUT2D eigenvalue weighted by molar-refractivity contribution is -0.143. The highest BCUT2D eigenvalue weighted by molar-refractivity contribution is 14.1. The molecule has 1 fully saturated rings. The van der Waals surface area contributed by atoms with Gasteiger partial charge in [-0.3, -0.25) is 9.59 Å². The summed E-state index contributed by atoms with van der Waals surface area (Å²) in [7, 11) is 1.43. The highest BCUT2D eigenvalue weighted by Crippen LogP contribution is 2.49. The summed E-state index contributed by atoms with van der Waals surface area (Å²) in [5, 5.41) is 32.7. The van der Waals surface area contributed by atoms with Gasteiger partial charge in [-0.15, -0.1) is 0 Å². The molecule has 0 aromatic heterocycles. The molecule has 0 bridgehead atoms. The van der Waals surface area contributed by atoms with Crippen molar-refractivity contribution in [3.8, 4) is 17.2 Å². The van der Waals surface area contributed by atoms with Gasteiger partial charge in [-0.1, -0.05) is 36.8 Å². The molecule has 53 heavy (non-hydrogen) atoms. The van der Waals surface area contributed by atoms with Gasteiger partial charge in [-0.2, -0.15) is 26.3 Å². The van der Waals surface area contributed by atoms with Crippen LogP contribution in [0.3, 0.4) is 0 Å². The van der Waals surface area contributed by atoms with Gasteiger partial charge in [-0.05, 0) is 107 Å². The van der Waals surface area contributed by atoms with Crippen LogP contribution in [0.15, 0.2) is 77.4 Å². The van der Waals surface area contributed by atoms with Crippen molar-refractivity contribution in [3.63, 3.8) is 0 Å². The summed E-state index contributed by atoms with van der Waals surface area (Å²) in [5.74, 6) is -5.24. The van der Waals surface area contributed by atoms with Crippen molar-refractivity contribution in [3.05, 3.63) is 97.6 Å². The second-order valence-corrected chi connectivity index (χ2v) is 14.0. The van der Waals surface area contributed by atoms with Crippen molar-refractivity contribution in [2.75, 3.05) is 25.2 Å². The fourth-order valence-corrected chi connectivity index (χ4v) is 7.62. The molecule has 5 rings (SSSR count). The van der Waals surface area contributed by atoms with E-state index in [4.69, 9.17) is 9.47 Å². The molecule has 1 aliphatic heterocycles. The lowest BCUT2D eigenvalue weighted by Gasteiger charge is -2.36.